The zero-order valence-electron chi connectivity index (χ0n) is 6.87. The minimum Gasteiger partial charge on any atom is -0.340 e. The fraction of sp³-hybridized carbons (Fsp3) is 0.375. The number of hydrogen-bond acceptors (Lipinski definition) is 3. The lowest BCUT2D eigenvalue weighted by Crippen LogP contribution is -2.06. The molecule has 0 bridgehead atoms. The zero-order valence-corrected chi connectivity index (χ0v) is 6.87. The highest BCUT2D eigenvalue weighted by Gasteiger charge is 2.27. The van der Waals surface area contributed by atoms with Gasteiger partial charge in [-0.05, 0) is 12.8 Å². The Morgan fingerprint density at radius 1 is 1.46 bits per heavy atom. The Morgan fingerprint density at radius 3 is 3.00 bits per heavy atom. The second-order valence-corrected chi connectivity index (χ2v) is 3.36. The summed E-state index contributed by atoms with van der Waals surface area (Å²) in [5.41, 5.74) is 0.975. The molecule has 2 aromatic rings. The average molecular weight is 176 g/mol. The van der Waals surface area contributed by atoms with Crippen molar-refractivity contribution in [3.05, 3.63) is 22.4 Å². The highest BCUT2D eigenvalue weighted by atomic mass is 16.1. The standard InChI is InChI=1S/C8H8N4O/c13-8-6-5(3-9-12-8)10-7(11-6)4-1-2-4/h3-4H,1-2H2,(H,10,11)(H,12,13). The fourth-order valence-electron chi connectivity index (χ4n) is 1.43. The summed E-state index contributed by atoms with van der Waals surface area (Å²) in [5.74, 6) is 1.46. The maximum Gasteiger partial charge on any atom is 0.292 e. The van der Waals surface area contributed by atoms with E-state index in [1.54, 1.807) is 6.20 Å². The number of rotatable bonds is 1. The van der Waals surface area contributed by atoms with E-state index in [0.29, 0.717) is 11.4 Å². The van der Waals surface area contributed by atoms with Crippen LogP contribution in [0, 0.1) is 0 Å². The lowest BCUT2D eigenvalue weighted by atomic mass is 10.4. The third-order valence-electron chi connectivity index (χ3n) is 2.29. The molecule has 13 heavy (non-hydrogen) atoms. The van der Waals surface area contributed by atoms with Gasteiger partial charge in [-0.2, -0.15) is 5.10 Å². The van der Waals surface area contributed by atoms with Crippen LogP contribution in [0.15, 0.2) is 11.0 Å². The molecule has 0 radical (unpaired) electrons. The molecule has 1 saturated carbocycles. The molecule has 66 valence electrons. The lowest BCUT2D eigenvalue weighted by molar-refractivity contribution is 0.985. The Morgan fingerprint density at radius 2 is 2.31 bits per heavy atom. The van der Waals surface area contributed by atoms with Gasteiger partial charge in [0.1, 0.15) is 5.82 Å². The van der Waals surface area contributed by atoms with Crippen molar-refractivity contribution >= 4 is 11.0 Å². The number of H-pyrrole nitrogens is 2. The molecule has 0 aromatic carbocycles. The number of aromatic amines is 2. The van der Waals surface area contributed by atoms with Crippen molar-refractivity contribution in [2.45, 2.75) is 18.8 Å². The molecule has 0 saturated heterocycles. The van der Waals surface area contributed by atoms with E-state index in [1.807, 2.05) is 0 Å². The summed E-state index contributed by atoms with van der Waals surface area (Å²) in [7, 11) is 0. The second kappa shape index (κ2) is 2.18. The molecule has 2 heterocycles. The van der Waals surface area contributed by atoms with Gasteiger partial charge in [0.25, 0.3) is 5.56 Å². The van der Waals surface area contributed by atoms with E-state index in [9.17, 15) is 4.79 Å². The Hall–Kier alpha value is -1.65. The summed E-state index contributed by atoms with van der Waals surface area (Å²) in [4.78, 5) is 18.6. The second-order valence-electron chi connectivity index (χ2n) is 3.36. The maximum atomic E-state index is 11.2. The van der Waals surface area contributed by atoms with E-state index < -0.39 is 0 Å². The van der Waals surface area contributed by atoms with Crippen molar-refractivity contribution in [3.8, 4) is 0 Å². The number of aromatic nitrogens is 4. The molecular weight excluding hydrogens is 168 g/mol. The molecule has 0 atom stereocenters. The fourth-order valence-corrected chi connectivity index (χ4v) is 1.43. The molecule has 5 nitrogen and oxygen atoms in total. The minimum absolute atomic E-state index is 0.222. The van der Waals surface area contributed by atoms with Gasteiger partial charge in [0.05, 0.1) is 11.7 Å². The molecule has 3 rings (SSSR count). The molecule has 1 fully saturated rings. The van der Waals surface area contributed by atoms with E-state index in [2.05, 4.69) is 20.2 Å². The van der Waals surface area contributed by atoms with Crippen LogP contribution in [0.1, 0.15) is 24.6 Å². The molecule has 0 spiro atoms. The molecule has 1 aliphatic rings. The highest BCUT2D eigenvalue weighted by Crippen LogP contribution is 2.38. The van der Waals surface area contributed by atoms with Gasteiger partial charge in [0.2, 0.25) is 0 Å². The molecule has 1 aliphatic carbocycles. The smallest absolute Gasteiger partial charge is 0.292 e. The molecule has 0 unspecified atom stereocenters. The Kier molecular flexibility index (Phi) is 1.15. The minimum atomic E-state index is -0.222. The SMILES string of the molecule is O=c1[nH]ncc2[nH]c(C3CC3)nc12. The Bertz CT molecular complexity index is 508. The molecule has 0 amide bonds. The van der Waals surface area contributed by atoms with Crippen LogP contribution < -0.4 is 5.56 Å². The molecular formula is C8H8N4O. The van der Waals surface area contributed by atoms with Crippen molar-refractivity contribution in [2.75, 3.05) is 0 Å². The predicted molar refractivity (Wildman–Crippen MR) is 46.5 cm³/mol. The largest absolute Gasteiger partial charge is 0.340 e. The van der Waals surface area contributed by atoms with Gasteiger partial charge >= 0.3 is 0 Å². The van der Waals surface area contributed by atoms with E-state index in [0.717, 1.165) is 11.3 Å². The summed E-state index contributed by atoms with van der Waals surface area (Å²) in [6.45, 7) is 0. The van der Waals surface area contributed by atoms with Crippen molar-refractivity contribution in [1.29, 1.82) is 0 Å². The van der Waals surface area contributed by atoms with Gasteiger partial charge in [-0.15, -0.1) is 0 Å². The monoisotopic (exact) mass is 176 g/mol. The van der Waals surface area contributed by atoms with Gasteiger partial charge in [0.15, 0.2) is 5.52 Å². The summed E-state index contributed by atoms with van der Waals surface area (Å²) >= 11 is 0. The topological polar surface area (TPSA) is 74.4 Å². The van der Waals surface area contributed by atoms with E-state index >= 15 is 0 Å². The third kappa shape index (κ3) is 0.965. The van der Waals surface area contributed by atoms with Crippen LogP contribution >= 0.6 is 0 Å². The normalized spacial score (nSPS) is 16.6. The maximum absolute atomic E-state index is 11.2. The first-order chi connectivity index (χ1) is 6.34. The zero-order chi connectivity index (χ0) is 8.84. The van der Waals surface area contributed by atoms with Crippen molar-refractivity contribution in [3.63, 3.8) is 0 Å². The first-order valence-corrected chi connectivity index (χ1v) is 4.28. The summed E-state index contributed by atoms with van der Waals surface area (Å²) in [6, 6.07) is 0. The van der Waals surface area contributed by atoms with Gasteiger partial charge in [-0.3, -0.25) is 4.79 Å². The quantitative estimate of drug-likeness (QED) is 0.665. The lowest BCUT2D eigenvalue weighted by Gasteiger charge is -1.83. The average Bonchev–Trinajstić information content (AvgIpc) is 2.87. The van der Waals surface area contributed by atoms with Crippen LogP contribution in [0.5, 0.6) is 0 Å². The number of nitrogens with zero attached hydrogens (tertiary/aromatic N) is 2. The number of imidazole rings is 1. The number of hydrogen-bond donors (Lipinski definition) is 2. The van der Waals surface area contributed by atoms with Crippen LogP contribution in [0.3, 0.4) is 0 Å². The van der Waals surface area contributed by atoms with E-state index in [1.165, 1.54) is 12.8 Å². The van der Waals surface area contributed by atoms with Crippen LogP contribution in [-0.4, -0.2) is 20.2 Å². The summed E-state index contributed by atoms with van der Waals surface area (Å²) in [5, 5.41) is 6.06. The Balaban J connectivity index is 2.32. The summed E-state index contributed by atoms with van der Waals surface area (Å²) in [6.07, 6.45) is 3.94. The number of nitrogens with one attached hydrogen (secondary N) is 2. The first-order valence-electron chi connectivity index (χ1n) is 4.28. The third-order valence-corrected chi connectivity index (χ3v) is 2.29. The van der Waals surface area contributed by atoms with Crippen molar-refractivity contribution < 1.29 is 0 Å². The van der Waals surface area contributed by atoms with Crippen LogP contribution in [0.4, 0.5) is 0 Å². The van der Waals surface area contributed by atoms with Crippen LogP contribution in [0.2, 0.25) is 0 Å². The van der Waals surface area contributed by atoms with Crippen molar-refractivity contribution in [1.82, 2.24) is 20.2 Å². The van der Waals surface area contributed by atoms with Gasteiger partial charge in [0, 0.05) is 5.92 Å². The Labute approximate surface area is 73.2 Å². The van der Waals surface area contributed by atoms with Gasteiger partial charge < -0.3 is 4.98 Å². The highest BCUT2D eigenvalue weighted by molar-refractivity contribution is 5.72. The molecule has 5 heteroatoms. The molecule has 2 N–H and O–H groups in total. The number of fused-ring (bicyclic) bond motifs is 1. The van der Waals surface area contributed by atoms with Crippen LogP contribution in [0.25, 0.3) is 11.0 Å². The van der Waals surface area contributed by atoms with Crippen LogP contribution in [-0.2, 0) is 0 Å². The van der Waals surface area contributed by atoms with E-state index in [4.69, 9.17) is 0 Å². The van der Waals surface area contributed by atoms with E-state index in [-0.39, 0.29) is 5.56 Å². The molecule has 2 aromatic heterocycles. The molecule has 0 aliphatic heterocycles. The predicted octanol–water partition coefficient (Wildman–Crippen LogP) is 0.524. The first kappa shape index (κ1) is 6.82. The summed E-state index contributed by atoms with van der Waals surface area (Å²) < 4.78 is 0. The van der Waals surface area contributed by atoms with Gasteiger partial charge in [-0.25, -0.2) is 10.1 Å². The van der Waals surface area contributed by atoms with Crippen molar-refractivity contribution in [2.24, 2.45) is 0 Å². The van der Waals surface area contributed by atoms with Gasteiger partial charge in [-0.1, -0.05) is 0 Å².